The molecule has 17 heavy (non-hydrogen) atoms. The van der Waals surface area contributed by atoms with Gasteiger partial charge in [-0.3, -0.25) is 0 Å². The van der Waals surface area contributed by atoms with E-state index in [9.17, 15) is 0 Å². The largest absolute Gasteiger partial charge is 0.493 e. The average Bonchev–Trinajstić information content (AvgIpc) is 2.79. The molecule has 0 bridgehead atoms. The van der Waals surface area contributed by atoms with Gasteiger partial charge in [-0.2, -0.15) is 0 Å². The zero-order valence-electron chi connectivity index (χ0n) is 9.85. The summed E-state index contributed by atoms with van der Waals surface area (Å²) in [5.41, 5.74) is 6.60. The number of nitrogens with two attached hydrogens (primary N) is 1. The third-order valence-electron chi connectivity index (χ3n) is 2.36. The molecule has 90 valence electrons. The summed E-state index contributed by atoms with van der Waals surface area (Å²) in [6.45, 7) is 3.31. The van der Waals surface area contributed by atoms with Gasteiger partial charge >= 0.3 is 0 Å². The number of nitrogens with zero attached hydrogens (tertiary/aromatic N) is 1. The predicted octanol–water partition coefficient (Wildman–Crippen LogP) is 2.71. The SMILES string of the molecule is CCOc1ccccc1-c1ncc(CCN)s1. The lowest BCUT2D eigenvalue weighted by molar-refractivity contribution is 0.341. The number of thiazole rings is 1. The van der Waals surface area contributed by atoms with Crippen molar-refractivity contribution in [3.05, 3.63) is 35.3 Å². The van der Waals surface area contributed by atoms with Crippen molar-refractivity contribution in [1.29, 1.82) is 0 Å². The zero-order chi connectivity index (χ0) is 12.1. The van der Waals surface area contributed by atoms with E-state index in [-0.39, 0.29) is 0 Å². The molecule has 0 radical (unpaired) electrons. The molecule has 0 fully saturated rings. The Balaban J connectivity index is 2.31. The lowest BCUT2D eigenvalue weighted by atomic mass is 10.2. The maximum absolute atomic E-state index is 5.60. The summed E-state index contributed by atoms with van der Waals surface area (Å²) in [5.74, 6) is 0.892. The van der Waals surface area contributed by atoms with Crippen LogP contribution >= 0.6 is 11.3 Å². The van der Waals surface area contributed by atoms with E-state index < -0.39 is 0 Å². The zero-order valence-corrected chi connectivity index (χ0v) is 10.7. The number of rotatable bonds is 5. The second kappa shape index (κ2) is 5.80. The van der Waals surface area contributed by atoms with Crippen molar-refractivity contribution in [2.45, 2.75) is 13.3 Å². The van der Waals surface area contributed by atoms with E-state index in [1.165, 1.54) is 4.88 Å². The third-order valence-corrected chi connectivity index (χ3v) is 3.45. The average molecular weight is 248 g/mol. The van der Waals surface area contributed by atoms with Crippen LogP contribution in [-0.2, 0) is 6.42 Å². The Labute approximate surface area is 105 Å². The van der Waals surface area contributed by atoms with Crippen molar-refractivity contribution in [3.8, 4) is 16.3 Å². The molecule has 2 N–H and O–H groups in total. The molecule has 4 heteroatoms. The Morgan fingerprint density at radius 3 is 2.94 bits per heavy atom. The van der Waals surface area contributed by atoms with Crippen molar-refractivity contribution in [3.63, 3.8) is 0 Å². The van der Waals surface area contributed by atoms with Gasteiger partial charge in [-0.25, -0.2) is 4.98 Å². The van der Waals surface area contributed by atoms with Crippen molar-refractivity contribution in [2.75, 3.05) is 13.2 Å². The van der Waals surface area contributed by atoms with Gasteiger partial charge in [0.2, 0.25) is 0 Å². The van der Waals surface area contributed by atoms with Crippen LogP contribution < -0.4 is 10.5 Å². The molecule has 2 aromatic rings. The van der Waals surface area contributed by atoms with Gasteiger partial charge in [0.1, 0.15) is 10.8 Å². The summed E-state index contributed by atoms with van der Waals surface area (Å²) in [7, 11) is 0. The Kier molecular flexibility index (Phi) is 4.12. The smallest absolute Gasteiger partial charge is 0.129 e. The first-order chi connectivity index (χ1) is 8.35. The number of benzene rings is 1. The molecule has 0 aliphatic rings. The maximum atomic E-state index is 5.60. The predicted molar refractivity (Wildman–Crippen MR) is 71.5 cm³/mol. The van der Waals surface area contributed by atoms with Crippen molar-refractivity contribution in [2.24, 2.45) is 5.73 Å². The summed E-state index contributed by atoms with van der Waals surface area (Å²) >= 11 is 1.68. The van der Waals surface area contributed by atoms with E-state index in [0.717, 1.165) is 22.7 Å². The molecule has 0 atom stereocenters. The van der Waals surface area contributed by atoms with Crippen LogP contribution in [0.15, 0.2) is 30.5 Å². The highest BCUT2D eigenvalue weighted by Gasteiger charge is 2.09. The second-order valence-electron chi connectivity index (χ2n) is 3.60. The Hall–Kier alpha value is -1.39. The van der Waals surface area contributed by atoms with E-state index in [0.29, 0.717) is 13.2 Å². The first kappa shape index (κ1) is 12.1. The van der Waals surface area contributed by atoms with E-state index in [4.69, 9.17) is 10.5 Å². The number of hydrogen-bond donors (Lipinski definition) is 1. The van der Waals surface area contributed by atoms with Crippen LogP contribution in [0.3, 0.4) is 0 Å². The van der Waals surface area contributed by atoms with Gasteiger partial charge in [0, 0.05) is 11.1 Å². The van der Waals surface area contributed by atoms with Gasteiger partial charge in [-0.05, 0) is 32.0 Å². The number of para-hydroxylation sites is 1. The molecule has 0 amide bonds. The van der Waals surface area contributed by atoms with E-state index in [1.54, 1.807) is 11.3 Å². The minimum absolute atomic E-state index is 0.661. The molecule has 2 rings (SSSR count). The minimum atomic E-state index is 0.661. The van der Waals surface area contributed by atoms with Crippen molar-refractivity contribution >= 4 is 11.3 Å². The molecule has 0 saturated carbocycles. The number of aromatic nitrogens is 1. The Morgan fingerprint density at radius 1 is 1.35 bits per heavy atom. The van der Waals surface area contributed by atoms with Gasteiger partial charge < -0.3 is 10.5 Å². The third kappa shape index (κ3) is 2.84. The molecule has 0 saturated heterocycles. The monoisotopic (exact) mass is 248 g/mol. The van der Waals surface area contributed by atoms with Crippen LogP contribution in [0.1, 0.15) is 11.8 Å². The van der Waals surface area contributed by atoms with Gasteiger partial charge in [0.05, 0.1) is 12.2 Å². The van der Waals surface area contributed by atoms with Crippen LogP contribution in [0.5, 0.6) is 5.75 Å². The fourth-order valence-corrected chi connectivity index (χ4v) is 2.57. The molecular formula is C13H16N2OS. The lowest BCUT2D eigenvalue weighted by Gasteiger charge is -2.07. The van der Waals surface area contributed by atoms with E-state index in [2.05, 4.69) is 4.98 Å². The fourth-order valence-electron chi connectivity index (χ4n) is 1.61. The quantitative estimate of drug-likeness (QED) is 0.885. The topological polar surface area (TPSA) is 48.1 Å². The molecule has 1 heterocycles. The van der Waals surface area contributed by atoms with Crippen LogP contribution in [0, 0.1) is 0 Å². The second-order valence-corrected chi connectivity index (χ2v) is 4.71. The van der Waals surface area contributed by atoms with Gasteiger partial charge in [0.15, 0.2) is 0 Å². The minimum Gasteiger partial charge on any atom is -0.493 e. The molecule has 3 nitrogen and oxygen atoms in total. The Bertz CT molecular complexity index is 482. The molecule has 0 spiro atoms. The number of ether oxygens (including phenoxy) is 1. The molecule has 0 unspecified atom stereocenters. The van der Waals surface area contributed by atoms with E-state index >= 15 is 0 Å². The van der Waals surface area contributed by atoms with E-state index in [1.807, 2.05) is 37.4 Å². The highest BCUT2D eigenvalue weighted by atomic mass is 32.1. The number of hydrogen-bond acceptors (Lipinski definition) is 4. The fraction of sp³-hybridized carbons (Fsp3) is 0.308. The standard InChI is InChI=1S/C13H16N2OS/c1-2-16-12-6-4-3-5-11(12)13-15-9-10(17-13)7-8-14/h3-6,9H,2,7-8,14H2,1H3. The molecular weight excluding hydrogens is 232 g/mol. The molecule has 1 aromatic carbocycles. The summed E-state index contributed by atoms with van der Waals surface area (Å²) in [4.78, 5) is 5.65. The summed E-state index contributed by atoms with van der Waals surface area (Å²) < 4.78 is 5.60. The highest BCUT2D eigenvalue weighted by molar-refractivity contribution is 7.15. The molecule has 0 aliphatic heterocycles. The van der Waals surface area contributed by atoms with Crippen LogP contribution in [-0.4, -0.2) is 18.1 Å². The van der Waals surface area contributed by atoms with Crippen molar-refractivity contribution in [1.82, 2.24) is 4.98 Å². The summed E-state index contributed by atoms with van der Waals surface area (Å²) in [5, 5.41) is 0.998. The maximum Gasteiger partial charge on any atom is 0.129 e. The van der Waals surface area contributed by atoms with Crippen LogP contribution in [0.4, 0.5) is 0 Å². The summed E-state index contributed by atoms with van der Waals surface area (Å²) in [6.07, 6.45) is 2.78. The van der Waals surface area contributed by atoms with Crippen LogP contribution in [0.2, 0.25) is 0 Å². The molecule has 0 aliphatic carbocycles. The van der Waals surface area contributed by atoms with Crippen molar-refractivity contribution < 1.29 is 4.74 Å². The van der Waals surface area contributed by atoms with Gasteiger partial charge in [0.25, 0.3) is 0 Å². The first-order valence-electron chi connectivity index (χ1n) is 5.72. The normalized spacial score (nSPS) is 10.5. The Morgan fingerprint density at radius 2 is 2.18 bits per heavy atom. The summed E-state index contributed by atoms with van der Waals surface area (Å²) in [6, 6.07) is 7.99. The first-order valence-corrected chi connectivity index (χ1v) is 6.53. The lowest BCUT2D eigenvalue weighted by Crippen LogP contribution is -2.00. The molecule has 1 aromatic heterocycles. The van der Waals surface area contributed by atoms with Crippen LogP contribution in [0.25, 0.3) is 10.6 Å². The van der Waals surface area contributed by atoms with Gasteiger partial charge in [-0.1, -0.05) is 12.1 Å². The highest BCUT2D eigenvalue weighted by Crippen LogP contribution is 2.32. The van der Waals surface area contributed by atoms with Gasteiger partial charge in [-0.15, -0.1) is 11.3 Å².